The maximum atomic E-state index is 14.0. The zero-order chi connectivity index (χ0) is 15.1. The predicted octanol–water partition coefficient (Wildman–Crippen LogP) is 3.52. The van der Waals surface area contributed by atoms with Gasteiger partial charge >= 0.3 is 0 Å². The van der Waals surface area contributed by atoms with Crippen LogP contribution in [0.4, 0.5) is 4.39 Å². The summed E-state index contributed by atoms with van der Waals surface area (Å²) in [5.41, 5.74) is 1.69. The molecule has 0 aliphatic carbocycles. The normalized spacial score (nSPS) is 10.4. The van der Waals surface area contributed by atoms with E-state index in [1.165, 1.54) is 7.11 Å². The Morgan fingerprint density at radius 2 is 1.90 bits per heavy atom. The molecule has 0 aliphatic rings. The van der Waals surface area contributed by atoms with Gasteiger partial charge in [0.1, 0.15) is 5.75 Å². The van der Waals surface area contributed by atoms with E-state index in [9.17, 15) is 4.39 Å². The number of halogens is 1. The van der Waals surface area contributed by atoms with Crippen LogP contribution in [0.2, 0.25) is 0 Å². The van der Waals surface area contributed by atoms with Gasteiger partial charge in [-0.15, -0.1) is 0 Å². The molecule has 21 heavy (non-hydrogen) atoms. The van der Waals surface area contributed by atoms with Crippen molar-refractivity contribution < 1.29 is 13.9 Å². The quantitative estimate of drug-likeness (QED) is 0.846. The Hall–Kier alpha value is -2.07. The molecule has 0 heterocycles. The summed E-state index contributed by atoms with van der Waals surface area (Å²) in [6, 6.07) is 13.0. The van der Waals surface area contributed by atoms with Gasteiger partial charge in [-0.1, -0.05) is 24.3 Å². The summed E-state index contributed by atoms with van der Waals surface area (Å²) in [6.07, 6.45) is 0. The Kier molecular flexibility index (Phi) is 5.58. The minimum Gasteiger partial charge on any atom is -0.494 e. The second-order valence-corrected chi connectivity index (χ2v) is 4.62. The predicted molar refractivity (Wildman–Crippen MR) is 81.1 cm³/mol. The minimum absolute atomic E-state index is 0.271. The molecule has 0 amide bonds. The van der Waals surface area contributed by atoms with Crippen molar-refractivity contribution in [3.05, 3.63) is 59.4 Å². The van der Waals surface area contributed by atoms with Crippen LogP contribution in [0.5, 0.6) is 11.5 Å². The van der Waals surface area contributed by atoms with Crippen molar-refractivity contribution >= 4 is 0 Å². The lowest BCUT2D eigenvalue weighted by atomic mass is 10.1. The molecule has 0 aromatic heterocycles. The fourth-order valence-corrected chi connectivity index (χ4v) is 2.10. The fourth-order valence-electron chi connectivity index (χ4n) is 2.10. The van der Waals surface area contributed by atoms with Crippen molar-refractivity contribution in [1.29, 1.82) is 0 Å². The molecule has 0 aliphatic heterocycles. The van der Waals surface area contributed by atoms with E-state index >= 15 is 0 Å². The van der Waals surface area contributed by atoms with Crippen LogP contribution >= 0.6 is 0 Å². The maximum absolute atomic E-state index is 14.0. The van der Waals surface area contributed by atoms with E-state index in [4.69, 9.17) is 9.47 Å². The Morgan fingerprint density at radius 1 is 1.10 bits per heavy atom. The summed E-state index contributed by atoms with van der Waals surface area (Å²) in [4.78, 5) is 0. The van der Waals surface area contributed by atoms with Crippen LogP contribution < -0.4 is 14.8 Å². The lowest BCUT2D eigenvalue weighted by molar-refractivity contribution is 0.340. The topological polar surface area (TPSA) is 30.5 Å². The average Bonchev–Trinajstić information content (AvgIpc) is 2.50. The number of benzene rings is 2. The summed E-state index contributed by atoms with van der Waals surface area (Å²) in [6.45, 7) is 3.70. The molecule has 0 saturated carbocycles. The molecule has 0 radical (unpaired) electrons. The Labute approximate surface area is 124 Å². The molecule has 2 aromatic rings. The van der Waals surface area contributed by atoms with Gasteiger partial charge in [0.15, 0.2) is 11.6 Å². The van der Waals surface area contributed by atoms with Crippen molar-refractivity contribution in [2.75, 3.05) is 13.7 Å². The van der Waals surface area contributed by atoms with Gasteiger partial charge in [-0.2, -0.15) is 0 Å². The van der Waals surface area contributed by atoms with Crippen LogP contribution in [0.25, 0.3) is 0 Å². The Bertz CT molecular complexity index is 587. The van der Waals surface area contributed by atoms with E-state index in [1.807, 2.05) is 31.2 Å². The first-order valence-corrected chi connectivity index (χ1v) is 6.98. The van der Waals surface area contributed by atoms with E-state index in [0.717, 1.165) is 11.3 Å². The standard InChI is InChI=1S/C17H20FNO2/c1-3-21-15-8-4-6-13(10-15)11-19-12-14-7-5-9-16(20-2)17(14)18/h4-10,19H,3,11-12H2,1-2H3. The van der Waals surface area contributed by atoms with Gasteiger partial charge in [-0.3, -0.25) is 0 Å². The smallest absolute Gasteiger partial charge is 0.169 e. The highest BCUT2D eigenvalue weighted by Crippen LogP contribution is 2.20. The number of hydrogen-bond acceptors (Lipinski definition) is 3. The van der Waals surface area contributed by atoms with E-state index in [-0.39, 0.29) is 11.6 Å². The summed E-state index contributed by atoms with van der Waals surface area (Å²) in [5.74, 6) is 0.813. The van der Waals surface area contributed by atoms with Crippen LogP contribution in [0.3, 0.4) is 0 Å². The van der Waals surface area contributed by atoms with Crippen molar-refractivity contribution in [3.8, 4) is 11.5 Å². The first-order chi connectivity index (χ1) is 10.2. The van der Waals surface area contributed by atoms with Crippen LogP contribution in [-0.4, -0.2) is 13.7 Å². The average molecular weight is 289 g/mol. The molecule has 0 atom stereocenters. The third kappa shape index (κ3) is 4.20. The number of rotatable bonds is 7. The molecule has 0 saturated heterocycles. The fraction of sp³-hybridized carbons (Fsp3) is 0.294. The number of hydrogen-bond donors (Lipinski definition) is 1. The summed E-state index contributed by atoms with van der Waals surface area (Å²) in [7, 11) is 1.47. The monoisotopic (exact) mass is 289 g/mol. The molecule has 4 heteroatoms. The van der Waals surface area contributed by atoms with Crippen LogP contribution in [0.15, 0.2) is 42.5 Å². The van der Waals surface area contributed by atoms with Crippen molar-refractivity contribution in [1.82, 2.24) is 5.32 Å². The second kappa shape index (κ2) is 7.64. The molecule has 0 fully saturated rings. The zero-order valence-electron chi connectivity index (χ0n) is 12.4. The van der Waals surface area contributed by atoms with Gasteiger partial charge in [0.05, 0.1) is 13.7 Å². The van der Waals surface area contributed by atoms with Crippen LogP contribution in [0, 0.1) is 5.82 Å². The molecule has 3 nitrogen and oxygen atoms in total. The molecule has 0 bridgehead atoms. The van der Waals surface area contributed by atoms with E-state index in [2.05, 4.69) is 5.32 Å². The van der Waals surface area contributed by atoms with Crippen molar-refractivity contribution in [2.24, 2.45) is 0 Å². The van der Waals surface area contributed by atoms with Gasteiger partial charge in [0.2, 0.25) is 0 Å². The van der Waals surface area contributed by atoms with Crippen molar-refractivity contribution in [3.63, 3.8) is 0 Å². The Balaban J connectivity index is 1.94. The highest BCUT2D eigenvalue weighted by atomic mass is 19.1. The highest BCUT2D eigenvalue weighted by Gasteiger charge is 2.07. The van der Waals surface area contributed by atoms with Gasteiger partial charge in [0.25, 0.3) is 0 Å². The van der Waals surface area contributed by atoms with Gasteiger partial charge in [-0.05, 0) is 30.7 Å². The van der Waals surface area contributed by atoms with Gasteiger partial charge in [-0.25, -0.2) is 4.39 Å². The first-order valence-electron chi connectivity index (χ1n) is 6.98. The molecular weight excluding hydrogens is 269 g/mol. The lowest BCUT2D eigenvalue weighted by Crippen LogP contribution is -2.14. The Morgan fingerprint density at radius 3 is 2.67 bits per heavy atom. The number of ether oxygens (including phenoxy) is 2. The first kappa shape index (κ1) is 15.3. The molecule has 2 aromatic carbocycles. The summed E-state index contributed by atoms with van der Waals surface area (Å²) < 4.78 is 24.4. The van der Waals surface area contributed by atoms with E-state index < -0.39 is 0 Å². The highest BCUT2D eigenvalue weighted by molar-refractivity contribution is 5.31. The summed E-state index contributed by atoms with van der Waals surface area (Å²) >= 11 is 0. The van der Waals surface area contributed by atoms with Crippen molar-refractivity contribution in [2.45, 2.75) is 20.0 Å². The second-order valence-electron chi connectivity index (χ2n) is 4.62. The van der Waals surface area contributed by atoms with E-state index in [0.29, 0.717) is 25.3 Å². The largest absolute Gasteiger partial charge is 0.494 e. The molecular formula is C17H20FNO2. The minimum atomic E-state index is -0.310. The molecule has 0 unspecified atom stereocenters. The third-order valence-corrected chi connectivity index (χ3v) is 3.12. The number of methoxy groups -OCH3 is 1. The lowest BCUT2D eigenvalue weighted by Gasteiger charge is -2.10. The molecule has 2 rings (SSSR count). The number of nitrogens with one attached hydrogen (secondary N) is 1. The molecule has 0 spiro atoms. The zero-order valence-corrected chi connectivity index (χ0v) is 12.4. The van der Waals surface area contributed by atoms with Crippen LogP contribution in [0.1, 0.15) is 18.1 Å². The SMILES string of the molecule is CCOc1cccc(CNCc2cccc(OC)c2F)c1. The van der Waals surface area contributed by atoms with Crippen LogP contribution in [-0.2, 0) is 13.1 Å². The molecule has 1 N–H and O–H groups in total. The molecule has 112 valence electrons. The van der Waals surface area contributed by atoms with Gasteiger partial charge < -0.3 is 14.8 Å². The van der Waals surface area contributed by atoms with E-state index in [1.54, 1.807) is 18.2 Å². The third-order valence-electron chi connectivity index (χ3n) is 3.12. The van der Waals surface area contributed by atoms with Gasteiger partial charge in [0, 0.05) is 18.7 Å². The summed E-state index contributed by atoms with van der Waals surface area (Å²) in [5, 5.41) is 3.23. The maximum Gasteiger partial charge on any atom is 0.169 e.